The third kappa shape index (κ3) is 5.04. The maximum atomic E-state index is 13.8. The number of likely N-dealkylation sites (N-methyl/N-ethyl adjacent to an activating group) is 1. The molecular formula is C23H35FN4O. The second-order valence-corrected chi connectivity index (χ2v) is 8.57. The van der Waals surface area contributed by atoms with Gasteiger partial charge in [0.2, 0.25) is 0 Å². The van der Waals surface area contributed by atoms with Gasteiger partial charge in [-0.1, -0.05) is 34.1 Å². The molecular weight excluding hydrogens is 367 g/mol. The summed E-state index contributed by atoms with van der Waals surface area (Å²) in [5, 5.41) is 0.373. The number of nitrogens with zero attached hydrogens (tertiary/aromatic N) is 4. The van der Waals surface area contributed by atoms with Gasteiger partial charge in [-0.15, -0.1) is 0 Å². The number of rotatable bonds is 7. The Balaban J connectivity index is 2.09. The van der Waals surface area contributed by atoms with Crippen molar-refractivity contribution in [3.05, 3.63) is 40.2 Å². The Bertz CT molecular complexity index is 879. The molecule has 1 aliphatic heterocycles. The Labute approximate surface area is 173 Å². The Hall–Kier alpha value is -1.79. The maximum Gasteiger partial charge on any atom is 0.261 e. The van der Waals surface area contributed by atoms with Gasteiger partial charge in [-0.2, -0.15) is 0 Å². The van der Waals surface area contributed by atoms with Gasteiger partial charge in [-0.05, 0) is 50.0 Å². The number of benzene rings is 1. The fraction of sp³-hybridized carbons (Fsp3) is 0.652. The molecule has 2 aromatic rings. The molecule has 1 saturated heterocycles. The predicted molar refractivity (Wildman–Crippen MR) is 117 cm³/mol. The first-order chi connectivity index (χ1) is 13.9. The summed E-state index contributed by atoms with van der Waals surface area (Å²) < 4.78 is 15.6. The normalized spacial score (nSPS) is 17.7. The molecule has 0 saturated carbocycles. The van der Waals surface area contributed by atoms with Gasteiger partial charge in [0.1, 0.15) is 11.6 Å². The van der Waals surface area contributed by atoms with E-state index in [4.69, 9.17) is 4.98 Å². The molecule has 2 heterocycles. The molecule has 0 N–H and O–H groups in total. The van der Waals surface area contributed by atoms with Gasteiger partial charge in [0, 0.05) is 26.2 Å². The molecule has 1 atom stereocenters. The maximum absolute atomic E-state index is 13.8. The van der Waals surface area contributed by atoms with Crippen LogP contribution in [-0.4, -0.2) is 52.1 Å². The zero-order valence-electron chi connectivity index (χ0n) is 18.3. The molecule has 6 heteroatoms. The standard InChI is InChI=1S/C23H35FN4O/c1-5-8-21(27-12-7-11-26(6-2)13-14-27)22-25-20-10-9-18(24)15-19(20)23(29)28(22)16-17(3)4/h9-10,15,17,21H,5-8,11-14,16H2,1-4H3/t21-/m1/s1. The molecule has 29 heavy (non-hydrogen) atoms. The largest absolute Gasteiger partial charge is 0.302 e. The minimum Gasteiger partial charge on any atom is -0.302 e. The van der Waals surface area contributed by atoms with Crippen LogP contribution in [0.3, 0.4) is 0 Å². The zero-order valence-corrected chi connectivity index (χ0v) is 18.3. The molecule has 1 aromatic heterocycles. The minimum absolute atomic E-state index is 0.109. The van der Waals surface area contributed by atoms with Crippen molar-refractivity contribution in [2.45, 2.75) is 59.5 Å². The topological polar surface area (TPSA) is 41.4 Å². The summed E-state index contributed by atoms with van der Waals surface area (Å²) in [6, 6.07) is 4.47. The number of fused-ring (bicyclic) bond motifs is 1. The van der Waals surface area contributed by atoms with Crippen molar-refractivity contribution < 1.29 is 4.39 Å². The summed E-state index contributed by atoms with van der Waals surface area (Å²) in [4.78, 5) is 23.3. The number of aromatic nitrogens is 2. The van der Waals surface area contributed by atoms with E-state index in [9.17, 15) is 9.18 Å². The lowest BCUT2D eigenvalue weighted by Crippen LogP contribution is -2.38. The zero-order chi connectivity index (χ0) is 21.0. The van der Waals surface area contributed by atoms with Crippen molar-refractivity contribution in [3.63, 3.8) is 0 Å². The molecule has 5 nitrogen and oxygen atoms in total. The second-order valence-electron chi connectivity index (χ2n) is 8.57. The molecule has 3 rings (SSSR count). The molecule has 1 aliphatic rings. The highest BCUT2D eigenvalue weighted by atomic mass is 19.1. The summed E-state index contributed by atoms with van der Waals surface area (Å²) in [5.41, 5.74) is 0.474. The average Bonchev–Trinajstić information content (AvgIpc) is 2.94. The lowest BCUT2D eigenvalue weighted by molar-refractivity contribution is 0.176. The van der Waals surface area contributed by atoms with Gasteiger partial charge in [0.15, 0.2) is 0 Å². The smallest absolute Gasteiger partial charge is 0.261 e. The molecule has 0 unspecified atom stereocenters. The van der Waals surface area contributed by atoms with Crippen molar-refractivity contribution in [3.8, 4) is 0 Å². The lowest BCUT2D eigenvalue weighted by atomic mass is 10.1. The van der Waals surface area contributed by atoms with Crippen molar-refractivity contribution in [2.75, 3.05) is 32.7 Å². The van der Waals surface area contributed by atoms with E-state index in [0.29, 0.717) is 23.4 Å². The molecule has 0 aliphatic carbocycles. The quantitative estimate of drug-likeness (QED) is 0.700. The van der Waals surface area contributed by atoms with Crippen LogP contribution >= 0.6 is 0 Å². The van der Waals surface area contributed by atoms with Crippen LogP contribution < -0.4 is 5.56 Å². The van der Waals surface area contributed by atoms with Gasteiger partial charge >= 0.3 is 0 Å². The van der Waals surface area contributed by atoms with Crippen LogP contribution in [0.2, 0.25) is 0 Å². The van der Waals surface area contributed by atoms with Crippen molar-refractivity contribution in [2.24, 2.45) is 5.92 Å². The van der Waals surface area contributed by atoms with E-state index >= 15 is 0 Å². The van der Waals surface area contributed by atoms with Gasteiger partial charge in [0.25, 0.3) is 5.56 Å². The van der Waals surface area contributed by atoms with Gasteiger partial charge in [-0.25, -0.2) is 9.37 Å². The molecule has 1 aromatic carbocycles. The van der Waals surface area contributed by atoms with Crippen LogP contribution in [0, 0.1) is 11.7 Å². The van der Waals surface area contributed by atoms with Gasteiger partial charge in [0.05, 0.1) is 16.9 Å². The number of halogens is 1. The van der Waals surface area contributed by atoms with Crippen LogP contribution in [0.5, 0.6) is 0 Å². The lowest BCUT2D eigenvalue weighted by Gasteiger charge is -2.32. The first-order valence-electron chi connectivity index (χ1n) is 11.1. The van der Waals surface area contributed by atoms with E-state index in [0.717, 1.165) is 57.8 Å². The Kier molecular flexibility index (Phi) is 7.41. The van der Waals surface area contributed by atoms with Crippen LogP contribution in [0.4, 0.5) is 4.39 Å². The summed E-state index contributed by atoms with van der Waals surface area (Å²) in [5.74, 6) is 0.758. The average molecular weight is 403 g/mol. The van der Waals surface area contributed by atoms with E-state index in [2.05, 4.69) is 37.5 Å². The fourth-order valence-corrected chi connectivity index (χ4v) is 4.37. The van der Waals surface area contributed by atoms with Gasteiger partial charge in [-0.3, -0.25) is 14.3 Å². The number of hydrogen-bond donors (Lipinski definition) is 0. The van der Waals surface area contributed by atoms with E-state index < -0.39 is 5.82 Å². The van der Waals surface area contributed by atoms with E-state index in [1.165, 1.54) is 12.1 Å². The monoisotopic (exact) mass is 402 g/mol. The highest BCUT2D eigenvalue weighted by Gasteiger charge is 2.27. The van der Waals surface area contributed by atoms with Crippen molar-refractivity contribution >= 4 is 10.9 Å². The van der Waals surface area contributed by atoms with Crippen LogP contribution in [0.1, 0.15) is 58.8 Å². The van der Waals surface area contributed by atoms with E-state index in [1.54, 1.807) is 6.07 Å². The van der Waals surface area contributed by atoms with Gasteiger partial charge < -0.3 is 4.90 Å². The molecule has 0 radical (unpaired) electrons. The Morgan fingerprint density at radius 3 is 2.62 bits per heavy atom. The fourth-order valence-electron chi connectivity index (χ4n) is 4.37. The summed E-state index contributed by atoms with van der Waals surface area (Å²) in [7, 11) is 0. The third-order valence-electron chi connectivity index (χ3n) is 5.86. The second kappa shape index (κ2) is 9.81. The SMILES string of the molecule is CCC[C@H](c1nc2ccc(F)cc2c(=O)n1CC(C)C)N1CCCN(CC)CC1. The Morgan fingerprint density at radius 2 is 1.93 bits per heavy atom. The molecule has 0 spiro atoms. The Morgan fingerprint density at radius 1 is 1.14 bits per heavy atom. The summed E-state index contributed by atoms with van der Waals surface area (Å²) in [6.07, 6.45) is 3.11. The van der Waals surface area contributed by atoms with Crippen LogP contribution in [0.15, 0.2) is 23.0 Å². The molecule has 0 amide bonds. The van der Waals surface area contributed by atoms with E-state index in [-0.39, 0.29) is 11.6 Å². The van der Waals surface area contributed by atoms with E-state index in [1.807, 2.05) is 4.57 Å². The highest BCUT2D eigenvalue weighted by Crippen LogP contribution is 2.27. The molecule has 160 valence electrons. The first kappa shape index (κ1) is 21.9. The summed E-state index contributed by atoms with van der Waals surface area (Å²) >= 11 is 0. The number of hydrogen-bond acceptors (Lipinski definition) is 4. The van der Waals surface area contributed by atoms with Crippen LogP contribution in [-0.2, 0) is 6.54 Å². The third-order valence-corrected chi connectivity index (χ3v) is 5.86. The molecule has 1 fully saturated rings. The summed E-state index contributed by atoms with van der Waals surface area (Å²) in [6.45, 7) is 14.4. The van der Waals surface area contributed by atoms with Crippen molar-refractivity contribution in [1.29, 1.82) is 0 Å². The first-order valence-corrected chi connectivity index (χ1v) is 11.1. The van der Waals surface area contributed by atoms with Crippen molar-refractivity contribution in [1.82, 2.24) is 19.4 Å². The molecule has 0 bridgehead atoms. The highest BCUT2D eigenvalue weighted by molar-refractivity contribution is 5.77. The predicted octanol–water partition coefficient (Wildman–Crippen LogP) is 4.06. The van der Waals surface area contributed by atoms with Crippen LogP contribution in [0.25, 0.3) is 10.9 Å². The minimum atomic E-state index is -0.391.